The third kappa shape index (κ3) is 3.20. The van der Waals surface area contributed by atoms with Crippen LogP contribution < -0.4 is 10.9 Å². The van der Waals surface area contributed by atoms with Crippen LogP contribution in [0.25, 0.3) is 16.8 Å². The molecule has 0 atom stereocenters. The average Bonchev–Trinajstić information content (AvgIpc) is 3.33. The fourth-order valence-electron chi connectivity index (χ4n) is 5.28. The maximum Gasteiger partial charge on any atom is 0.240 e. The highest BCUT2D eigenvalue weighted by molar-refractivity contribution is 6.36. The molecule has 0 spiro atoms. The van der Waals surface area contributed by atoms with Gasteiger partial charge in [0.1, 0.15) is 7.85 Å². The van der Waals surface area contributed by atoms with E-state index in [1.165, 1.54) is 32.1 Å². The van der Waals surface area contributed by atoms with Crippen molar-refractivity contribution in [2.45, 2.75) is 65.3 Å². The molecule has 2 aliphatic carbocycles. The second-order valence-corrected chi connectivity index (χ2v) is 9.60. The van der Waals surface area contributed by atoms with Gasteiger partial charge in [-0.05, 0) is 76.5 Å². The van der Waals surface area contributed by atoms with Crippen LogP contribution in [0.1, 0.15) is 58.6 Å². The summed E-state index contributed by atoms with van der Waals surface area (Å²) in [5.41, 5.74) is 6.40. The summed E-state index contributed by atoms with van der Waals surface area (Å²) in [5, 5.41) is 8.36. The van der Waals surface area contributed by atoms with Crippen molar-refractivity contribution in [1.82, 2.24) is 19.6 Å². The second kappa shape index (κ2) is 6.66. The summed E-state index contributed by atoms with van der Waals surface area (Å²) in [4.78, 5) is 13.9. The molecule has 0 aromatic carbocycles. The lowest BCUT2D eigenvalue weighted by Gasteiger charge is -2.28. The van der Waals surface area contributed by atoms with Gasteiger partial charge in [0.2, 0.25) is 5.95 Å². The highest BCUT2D eigenvalue weighted by Crippen LogP contribution is 2.57. The van der Waals surface area contributed by atoms with Crippen LogP contribution in [-0.4, -0.2) is 38.7 Å². The summed E-state index contributed by atoms with van der Waals surface area (Å²) in [6.07, 6.45) is 8.02. The summed E-state index contributed by atoms with van der Waals surface area (Å²) in [5.74, 6) is 0.612. The molecule has 0 unspecified atom stereocenters. The van der Waals surface area contributed by atoms with E-state index in [4.69, 9.17) is 17.9 Å². The third-order valence-electron chi connectivity index (χ3n) is 6.77. The summed E-state index contributed by atoms with van der Waals surface area (Å²) in [6.45, 7) is 8.33. The van der Waals surface area contributed by atoms with E-state index in [1.807, 2.05) is 49.7 Å². The zero-order valence-electron chi connectivity index (χ0n) is 18.2. The van der Waals surface area contributed by atoms with E-state index < -0.39 is 0 Å². The third-order valence-corrected chi connectivity index (χ3v) is 6.77. The number of nitrogens with zero attached hydrogens (tertiary/aromatic N) is 5. The number of aromatic nitrogens is 4. The number of anilines is 1. The van der Waals surface area contributed by atoms with Crippen LogP contribution in [0.15, 0.2) is 29.4 Å². The fourth-order valence-corrected chi connectivity index (χ4v) is 5.28. The van der Waals surface area contributed by atoms with Crippen molar-refractivity contribution < 1.29 is 0 Å². The predicted molar refractivity (Wildman–Crippen MR) is 122 cm³/mol. The fraction of sp³-hybridized carbons (Fsp3) is 0.478. The molecule has 2 radical (unpaired) electrons. The van der Waals surface area contributed by atoms with Gasteiger partial charge in [0.25, 0.3) is 0 Å². The molecule has 7 heteroatoms. The molecule has 2 saturated carbocycles. The highest BCUT2D eigenvalue weighted by Gasteiger charge is 2.52. The van der Waals surface area contributed by atoms with E-state index in [0.717, 1.165) is 33.9 Å². The summed E-state index contributed by atoms with van der Waals surface area (Å²) < 4.78 is 1.82. The minimum absolute atomic E-state index is 0.122. The molecule has 2 bridgehead atoms. The van der Waals surface area contributed by atoms with Gasteiger partial charge < -0.3 is 5.32 Å². The van der Waals surface area contributed by atoms with Gasteiger partial charge in [0.15, 0.2) is 0 Å². The van der Waals surface area contributed by atoms with Gasteiger partial charge in [-0.15, -0.1) is 5.10 Å². The van der Waals surface area contributed by atoms with Gasteiger partial charge in [-0.3, -0.25) is 9.98 Å². The number of aryl methyl sites for hydroxylation is 1. The van der Waals surface area contributed by atoms with Gasteiger partial charge in [-0.1, -0.05) is 6.92 Å². The normalized spacial score (nSPS) is 25.1. The van der Waals surface area contributed by atoms with Crippen molar-refractivity contribution in [3.63, 3.8) is 0 Å². The highest BCUT2D eigenvalue weighted by atomic mass is 15.3. The Hall–Kier alpha value is -2.70. The SMILES string of the molecule is [B]c1nc(NC23CCC(C)(CC2)C3)nn2ccc(-c3ccc(N=C(C)C)c(C)n3)c12. The Morgan fingerprint density at radius 1 is 1.13 bits per heavy atom. The molecule has 3 aromatic rings. The maximum absolute atomic E-state index is 6.41. The van der Waals surface area contributed by atoms with Crippen LogP contribution in [0.2, 0.25) is 0 Å². The van der Waals surface area contributed by atoms with E-state index in [0.29, 0.717) is 17.0 Å². The molecular weight excluding hydrogens is 371 g/mol. The number of hydrogen-bond donors (Lipinski definition) is 1. The van der Waals surface area contributed by atoms with E-state index >= 15 is 0 Å². The molecule has 30 heavy (non-hydrogen) atoms. The molecule has 0 amide bonds. The van der Waals surface area contributed by atoms with Crippen LogP contribution in [-0.2, 0) is 0 Å². The van der Waals surface area contributed by atoms with Gasteiger partial charge >= 0.3 is 0 Å². The standard InChI is InChI=1S/C23H27BN6/c1-14(2)25-17-5-6-18(26-15(17)3)16-7-12-30-19(16)20(24)27-21(29-30)28-23-10-8-22(4,13-23)9-11-23/h5-7,12H,8-11,13H2,1-4H3,(H,28,29). The molecule has 2 fully saturated rings. The minimum atomic E-state index is 0.122. The molecule has 5 rings (SSSR count). The number of rotatable bonds is 4. The Morgan fingerprint density at radius 3 is 2.53 bits per heavy atom. The number of pyridine rings is 1. The van der Waals surface area contributed by atoms with E-state index in [1.54, 1.807) is 0 Å². The number of fused-ring (bicyclic) bond motifs is 3. The first-order valence-electron chi connectivity index (χ1n) is 10.7. The Morgan fingerprint density at radius 2 is 1.90 bits per heavy atom. The predicted octanol–water partition coefficient (Wildman–Crippen LogP) is 4.14. The molecule has 3 aromatic heterocycles. The van der Waals surface area contributed by atoms with Gasteiger partial charge in [-0.25, -0.2) is 9.50 Å². The van der Waals surface area contributed by atoms with Gasteiger partial charge in [0.05, 0.1) is 22.6 Å². The smallest absolute Gasteiger partial charge is 0.240 e. The zero-order chi connectivity index (χ0) is 21.1. The molecule has 0 saturated heterocycles. The van der Waals surface area contributed by atoms with Crippen molar-refractivity contribution in [1.29, 1.82) is 0 Å². The van der Waals surface area contributed by atoms with E-state index in [2.05, 4.69) is 22.2 Å². The average molecular weight is 398 g/mol. The summed E-state index contributed by atoms with van der Waals surface area (Å²) >= 11 is 0. The van der Waals surface area contributed by atoms with Gasteiger partial charge in [-0.2, -0.15) is 0 Å². The molecule has 0 aliphatic heterocycles. The Kier molecular flexibility index (Phi) is 4.28. The molecular formula is C23H27BN6. The van der Waals surface area contributed by atoms with Gasteiger partial charge in [0, 0.05) is 28.6 Å². The Labute approximate surface area is 178 Å². The zero-order valence-corrected chi connectivity index (χ0v) is 18.2. The lowest BCUT2D eigenvalue weighted by molar-refractivity contribution is 0.330. The van der Waals surface area contributed by atoms with Crippen LogP contribution in [0.4, 0.5) is 11.6 Å². The molecule has 3 heterocycles. The first kappa shape index (κ1) is 19.3. The van der Waals surface area contributed by atoms with Crippen molar-refractivity contribution in [3.8, 4) is 11.3 Å². The summed E-state index contributed by atoms with van der Waals surface area (Å²) in [7, 11) is 6.41. The van der Waals surface area contributed by atoms with Crippen molar-refractivity contribution >= 4 is 36.3 Å². The topological polar surface area (TPSA) is 67.5 Å². The Balaban J connectivity index is 1.49. The molecule has 1 N–H and O–H groups in total. The van der Waals surface area contributed by atoms with E-state index in [9.17, 15) is 0 Å². The lowest BCUT2D eigenvalue weighted by Crippen LogP contribution is -2.35. The molecule has 2 aliphatic rings. The number of nitrogens with one attached hydrogen (secondary N) is 1. The summed E-state index contributed by atoms with van der Waals surface area (Å²) in [6, 6.07) is 5.98. The maximum atomic E-state index is 6.41. The Bertz CT molecular complexity index is 1170. The van der Waals surface area contributed by atoms with Crippen LogP contribution in [0.3, 0.4) is 0 Å². The van der Waals surface area contributed by atoms with Crippen LogP contribution in [0.5, 0.6) is 0 Å². The first-order valence-corrected chi connectivity index (χ1v) is 10.7. The number of hydrogen-bond acceptors (Lipinski definition) is 5. The molecule has 6 nitrogen and oxygen atoms in total. The lowest BCUT2D eigenvalue weighted by atomic mass is 9.86. The largest absolute Gasteiger partial charge is 0.348 e. The van der Waals surface area contributed by atoms with Crippen LogP contribution >= 0.6 is 0 Å². The van der Waals surface area contributed by atoms with Crippen LogP contribution in [0, 0.1) is 12.3 Å². The second-order valence-electron chi connectivity index (χ2n) is 9.60. The monoisotopic (exact) mass is 398 g/mol. The number of aliphatic imine (C=N–C) groups is 1. The first-order chi connectivity index (χ1) is 14.3. The quantitative estimate of drug-likeness (QED) is 0.530. The van der Waals surface area contributed by atoms with Crippen molar-refractivity contribution in [2.75, 3.05) is 5.32 Å². The minimum Gasteiger partial charge on any atom is -0.348 e. The van der Waals surface area contributed by atoms with Crippen molar-refractivity contribution in [2.24, 2.45) is 10.4 Å². The van der Waals surface area contributed by atoms with E-state index in [-0.39, 0.29) is 5.54 Å². The molecule has 152 valence electrons. The van der Waals surface area contributed by atoms with Crippen molar-refractivity contribution in [3.05, 3.63) is 30.1 Å².